The molecule has 0 bridgehead atoms. The number of phenols is 1. The summed E-state index contributed by atoms with van der Waals surface area (Å²) in [5, 5.41) is 29.9. The first-order valence-corrected chi connectivity index (χ1v) is 7.12. The van der Waals surface area contributed by atoms with Crippen LogP contribution in [0.5, 0.6) is 5.75 Å². The van der Waals surface area contributed by atoms with E-state index in [1.54, 1.807) is 24.3 Å². The molecule has 8 heteroatoms. The minimum atomic E-state index is -1.58. The van der Waals surface area contributed by atoms with Crippen LogP contribution in [-0.4, -0.2) is 37.1 Å². The Labute approximate surface area is 136 Å². The summed E-state index contributed by atoms with van der Waals surface area (Å²) in [6, 6.07) is 10.6. The van der Waals surface area contributed by atoms with Crippen LogP contribution in [0.15, 0.2) is 36.4 Å². The molecule has 8 nitrogen and oxygen atoms in total. The van der Waals surface area contributed by atoms with Crippen LogP contribution < -0.4 is 5.32 Å². The lowest BCUT2D eigenvalue weighted by atomic mass is 10.1. The largest absolute Gasteiger partial charge is 0.505 e. The summed E-state index contributed by atoms with van der Waals surface area (Å²) in [5.74, 6) is -2.84. The fraction of sp³-hybridized carbons (Fsp3) is 0.125. The lowest BCUT2D eigenvalue weighted by Gasteiger charge is -2.11. The third kappa shape index (κ3) is 2.89. The predicted octanol–water partition coefficient (Wildman–Crippen LogP) is 1.14. The maximum absolute atomic E-state index is 11.2. The average molecular weight is 326 g/mol. The molecule has 0 saturated heterocycles. The molecule has 0 radical (unpaired) electrons. The van der Waals surface area contributed by atoms with Crippen LogP contribution in [0, 0.1) is 6.92 Å². The van der Waals surface area contributed by atoms with Gasteiger partial charge in [0.05, 0.1) is 0 Å². The van der Waals surface area contributed by atoms with Gasteiger partial charge in [0.15, 0.2) is 0 Å². The molecule has 0 saturated carbocycles. The number of amides is 1. The van der Waals surface area contributed by atoms with Gasteiger partial charge in [-0.15, -0.1) is 15.0 Å². The molecular formula is C16H14N4O4. The van der Waals surface area contributed by atoms with Gasteiger partial charge >= 0.3 is 11.9 Å². The number of carbonyl (C=O) groups is 2. The highest BCUT2D eigenvalue weighted by Crippen LogP contribution is 2.27. The molecule has 1 aromatic heterocycles. The molecule has 24 heavy (non-hydrogen) atoms. The van der Waals surface area contributed by atoms with E-state index in [9.17, 15) is 14.7 Å². The molecule has 0 spiro atoms. The van der Waals surface area contributed by atoms with E-state index >= 15 is 0 Å². The number of carboxylic acids is 1. The SMILES string of the molecule is Cc1cc(CNC(=O)C(=O)O)c(O)c(-n2nc3ccccc3n2)c1. The summed E-state index contributed by atoms with van der Waals surface area (Å²) in [7, 11) is 0. The quantitative estimate of drug-likeness (QED) is 0.621. The number of benzene rings is 2. The number of aromatic hydroxyl groups is 1. The zero-order valence-electron chi connectivity index (χ0n) is 12.7. The van der Waals surface area contributed by atoms with Crippen molar-refractivity contribution in [1.29, 1.82) is 0 Å². The Morgan fingerprint density at radius 3 is 2.38 bits per heavy atom. The number of nitrogens with zero attached hydrogens (tertiary/aromatic N) is 3. The fourth-order valence-corrected chi connectivity index (χ4v) is 2.34. The number of aromatic nitrogens is 3. The molecule has 0 unspecified atom stereocenters. The van der Waals surface area contributed by atoms with Gasteiger partial charge < -0.3 is 15.5 Å². The number of rotatable bonds is 3. The van der Waals surface area contributed by atoms with Gasteiger partial charge in [0.2, 0.25) is 0 Å². The number of hydrogen-bond donors (Lipinski definition) is 3. The van der Waals surface area contributed by atoms with Crippen molar-refractivity contribution in [2.24, 2.45) is 0 Å². The van der Waals surface area contributed by atoms with Crippen molar-refractivity contribution >= 4 is 22.9 Å². The van der Waals surface area contributed by atoms with Gasteiger partial charge in [0.25, 0.3) is 0 Å². The Balaban J connectivity index is 1.99. The Kier molecular flexibility index (Phi) is 3.87. The highest BCUT2D eigenvalue weighted by Gasteiger charge is 2.16. The third-order valence-electron chi connectivity index (χ3n) is 3.45. The van der Waals surface area contributed by atoms with Crippen LogP contribution in [0.25, 0.3) is 16.7 Å². The summed E-state index contributed by atoms with van der Waals surface area (Å²) in [4.78, 5) is 23.0. The highest BCUT2D eigenvalue weighted by atomic mass is 16.4. The zero-order valence-corrected chi connectivity index (χ0v) is 12.7. The Morgan fingerprint density at radius 1 is 1.17 bits per heavy atom. The van der Waals surface area contributed by atoms with E-state index in [1.807, 2.05) is 19.1 Å². The summed E-state index contributed by atoms with van der Waals surface area (Å²) in [6.07, 6.45) is 0. The predicted molar refractivity (Wildman–Crippen MR) is 84.7 cm³/mol. The molecule has 3 aromatic rings. The first-order chi connectivity index (χ1) is 11.5. The van der Waals surface area contributed by atoms with Crippen LogP contribution >= 0.6 is 0 Å². The second-order valence-corrected chi connectivity index (χ2v) is 5.26. The van der Waals surface area contributed by atoms with Crippen molar-refractivity contribution in [3.63, 3.8) is 0 Å². The molecular weight excluding hydrogens is 312 g/mol. The van der Waals surface area contributed by atoms with Gasteiger partial charge in [0, 0.05) is 12.1 Å². The maximum Gasteiger partial charge on any atom is 0.394 e. The van der Waals surface area contributed by atoms with Crippen LogP contribution in [-0.2, 0) is 16.1 Å². The second kappa shape index (κ2) is 5.99. The van der Waals surface area contributed by atoms with Crippen molar-refractivity contribution in [3.05, 3.63) is 47.5 Å². The van der Waals surface area contributed by atoms with Crippen LogP contribution in [0.2, 0.25) is 0 Å². The zero-order chi connectivity index (χ0) is 17.3. The number of aliphatic carboxylic acids is 1. The minimum absolute atomic E-state index is 0.119. The van der Waals surface area contributed by atoms with Crippen molar-refractivity contribution in [2.75, 3.05) is 0 Å². The molecule has 3 rings (SSSR count). The highest BCUT2D eigenvalue weighted by molar-refractivity contribution is 6.31. The van der Waals surface area contributed by atoms with Crippen molar-refractivity contribution in [1.82, 2.24) is 20.3 Å². The van der Waals surface area contributed by atoms with Gasteiger partial charge in [-0.25, -0.2) is 4.79 Å². The number of hydrogen-bond acceptors (Lipinski definition) is 5. The van der Waals surface area contributed by atoms with E-state index in [2.05, 4.69) is 15.5 Å². The first kappa shape index (κ1) is 15.5. The van der Waals surface area contributed by atoms with Crippen molar-refractivity contribution < 1.29 is 19.8 Å². The van der Waals surface area contributed by atoms with Crippen LogP contribution in [0.3, 0.4) is 0 Å². The van der Waals surface area contributed by atoms with Gasteiger partial charge in [-0.3, -0.25) is 4.79 Å². The third-order valence-corrected chi connectivity index (χ3v) is 3.45. The topological polar surface area (TPSA) is 117 Å². The number of phenolic OH excluding ortho intramolecular Hbond substituents is 1. The number of nitrogens with one attached hydrogen (secondary N) is 1. The molecule has 1 amide bonds. The van der Waals surface area contributed by atoms with E-state index in [4.69, 9.17) is 5.11 Å². The lowest BCUT2D eigenvalue weighted by molar-refractivity contribution is -0.150. The van der Waals surface area contributed by atoms with Gasteiger partial charge in [-0.1, -0.05) is 18.2 Å². The van der Waals surface area contributed by atoms with Crippen LogP contribution in [0.4, 0.5) is 0 Å². The van der Waals surface area contributed by atoms with E-state index < -0.39 is 11.9 Å². The normalized spacial score (nSPS) is 10.7. The van der Waals surface area contributed by atoms with E-state index in [1.165, 1.54) is 4.80 Å². The molecule has 122 valence electrons. The first-order valence-electron chi connectivity index (χ1n) is 7.12. The van der Waals surface area contributed by atoms with Crippen LogP contribution in [0.1, 0.15) is 11.1 Å². The van der Waals surface area contributed by atoms with Gasteiger partial charge in [-0.2, -0.15) is 0 Å². The maximum atomic E-state index is 11.2. The second-order valence-electron chi connectivity index (χ2n) is 5.26. The monoisotopic (exact) mass is 326 g/mol. The molecule has 0 aliphatic heterocycles. The summed E-state index contributed by atoms with van der Waals surface area (Å²) >= 11 is 0. The van der Waals surface area contributed by atoms with E-state index in [0.717, 1.165) is 5.56 Å². The molecule has 2 aromatic carbocycles. The molecule has 0 atom stereocenters. The van der Waals surface area contributed by atoms with Gasteiger partial charge in [0.1, 0.15) is 22.5 Å². The van der Waals surface area contributed by atoms with Crippen molar-refractivity contribution in [2.45, 2.75) is 13.5 Å². The smallest absolute Gasteiger partial charge is 0.394 e. The van der Waals surface area contributed by atoms with E-state index in [-0.39, 0.29) is 12.3 Å². The average Bonchev–Trinajstić information content (AvgIpc) is 2.98. The van der Waals surface area contributed by atoms with E-state index in [0.29, 0.717) is 22.3 Å². The lowest BCUT2D eigenvalue weighted by Crippen LogP contribution is -2.30. The number of fused-ring (bicyclic) bond motifs is 1. The summed E-state index contributed by atoms with van der Waals surface area (Å²) < 4.78 is 0. The molecule has 3 N–H and O–H groups in total. The fourth-order valence-electron chi connectivity index (χ4n) is 2.34. The standard InChI is InChI=1S/C16H14N4O4/c1-9-6-10(8-17-15(22)16(23)24)14(21)13(7-9)20-18-11-4-2-3-5-12(11)19-20/h2-7,21H,8H2,1H3,(H,17,22)(H,23,24). The Hall–Kier alpha value is -3.42. The Morgan fingerprint density at radius 2 is 1.79 bits per heavy atom. The molecule has 1 heterocycles. The summed E-state index contributed by atoms with van der Waals surface area (Å²) in [6.45, 7) is 1.70. The number of aryl methyl sites for hydroxylation is 1. The number of carboxylic acid groups (broad SMARTS) is 1. The molecule has 0 aliphatic rings. The van der Waals surface area contributed by atoms with Gasteiger partial charge in [-0.05, 0) is 30.7 Å². The summed E-state index contributed by atoms with van der Waals surface area (Å²) in [5.41, 5.74) is 2.90. The number of carbonyl (C=O) groups excluding carboxylic acids is 1. The molecule has 0 aliphatic carbocycles. The van der Waals surface area contributed by atoms with Crippen molar-refractivity contribution in [3.8, 4) is 11.4 Å². The molecule has 0 fully saturated rings. The Bertz CT molecular complexity index is 915. The minimum Gasteiger partial charge on any atom is -0.505 e.